The van der Waals surface area contributed by atoms with E-state index in [1.807, 2.05) is 0 Å². The van der Waals surface area contributed by atoms with E-state index in [1.54, 1.807) is 26.1 Å². The lowest BCUT2D eigenvalue weighted by molar-refractivity contribution is -0.121. The van der Waals surface area contributed by atoms with Gasteiger partial charge in [-0.15, -0.1) is 0 Å². The van der Waals surface area contributed by atoms with Crippen LogP contribution in [-0.2, 0) is 4.79 Å². The van der Waals surface area contributed by atoms with E-state index in [0.29, 0.717) is 29.5 Å². The summed E-state index contributed by atoms with van der Waals surface area (Å²) in [4.78, 5) is 13.7. The predicted molar refractivity (Wildman–Crippen MR) is 77.7 cm³/mol. The number of carbonyl (C=O) groups is 1. The number of nitrogens with zero attached hydrogens (tertiary/aromatic N) is 1. The topological polar surface area (TPSA) is 74.0 Å². The van der Waals surface area contributed by atoms with E-state index in [4.69, 9.17) is 19.9 Å². The summed E-state index contributed by atoms with van der Waals surface area (Å²) < 4.78 is 15.8. The van der Waals surface area contributed by atoms with Crippen molar-refractivity contribution in [3.05, 3.63) is 12.1 Å². The maximum absolute atomic E-state index is 12.2. The van der Waals surface area contributed by atoms with Crippen LogP contribution in [0.15, 0.2) is 12.1 Å². The van der Waals surface area contributed by atoms with E-state index in [1.165, 1.54) is 26.2 Å². The zero-order valence-electron chi connectivity index (χ0n) is 12.6. The predicted octanol–water partition coefficient (Wildman–Crippen LogP) is 1.27. The first kappa shape index (κ1) is 16.1. The fourth-order valence-electron chi connectivity index (χ4n) is 1.82. The Bertz CT molecular complexity index is 451. The van der Waals surface area contributed by atoms with Crippen LogP contribution in [0.4, 0.5) is 5.69 Å². The molecule has 0 aliphatic carbocycles. The Morgan fingerprint density at radius 3 is 2.05 bits per heavy atom. The van der Waals surface area contributed by atoms with Gasteiger partial charge < -0.3 is 24.8 Å². The molecule has 0 radical (unpaired) electrons. The average Bonchev–Trinajstić information content (AvgIpc) is 2.50. The molecule has 0 fully saturated rings. The molecular weight excluding hydrogens is 260 g/mol. The molecule has 0 saturated carbocycles. The molecule has 0 aliphatic heterocycles. The molecule has 1 aromatic rings. The fraction of sp³-hybridized carbons (Fsp3) is 0.500. The number of benzene rings is 1. The number of anilines is 1. The lowest BCUT2D eigenvalue weighted by Crippen LogP contribution is -2.35. The second kappa shape index (κ2) is 7.00. The Labute approximate surface area is 119 Å². The molecular formula is C14H22N2O4. The summed E-state index contributed by atoms with van der Waals surface area (Å²) in [6.45, 7) is 2.09. The third kappa shape index (κ3) is 3.14. The van der Waals surface area contributed by atoms with Gasteiger partial charge in [-0.3, -0.25) is 4.79 Å². The molecule has 1 rings (SSSR count). The standard InChI is InChI=1S/C14H22N2O4/c1-9(8-15)14(17)16(2)10-6-11(18-3)13(20-5)12(7-10)19-4/h6-7,9H,8,15H2,1-5H3. The first-order chi connectivity index (χ1) is 9.49. The van der Waals surface area contributed by atoms with Crippen LogP contribution in [0.5, 0.6) is 17.2 Å². The molecule has 0 saturated heterocycles. The van der Waals surface area contributed by atoms with Crippen molar-refractivity contribution >= 4 is 11.6 Å². The highest BCUT2D eigenvalue weighted by molar-refractivity contribution is 5.95. The van der Waals surface area contributed by atoms with E-state index >= 15 is 0 Å². The van der Waals surface area contributed by atoms with E-state index in [2.05, 4.69) is 0 Å². The van der Waals surface area contributed by atoms with E-state index < -0.39 is 0 Å². The molecule has 0 aliphatic rings. The number of amides is 1. The molecule has 0 heterocycles. The van der Waals surface area contributed by atoms with Gasteiger partial charge in [0.15, 0.2) is 11.5 Å². The van der Waals surface area contributed by atoms with Crippen LogP contribution in [0.25, 0.3) is 0 Å². The number of ether oxygens (including phenoxy) is 3. The molecule has 20 heavy (non-hydrogen) atoms. The summed E-state index contributed by atoms with van der Waals surface area (Å²) in [7, 11) is 6.29. The van der Waals surface area contributed by atoms with E-state index in [9.17, 15) is 4.79 Å². The zero-order chi connectivity index (χ0) is 15.3. The summed E-state index contributed by atoms with van der Waals surface area (Å²) in [5.74, 6) is 1.18. The lowest BCUT2D eigenvalue weighted by Gasteiger charge is -2.23. The zero-order valence-corrected chi connectivity index (χ0v) is 12.6. The van der Waals surface area contributed by atoms with E-state index in [0.717, 1.165) is 0 Å². The Hall–Kier alpha value is -1.95. The van der Waals surface area contributed by atoms with Gasteiger partial charge in [-0.2, -0.15) is 0 Å². The number of methoxy groups -OCH3 is 3. The molecule has 6 heteroatoms. The first-order valence-electron chi connectivity index (χ1n) is 6.27. The van der Waals surface area contributed by atoms with Crippen molar-refractivity contribution in [3.8, 4) is 17.2 Å². The maximum Gasteiger partial charge on any atom is 0.230 e. The molecule has 112 valence electrons. The number of hydrogen-bond acceptors (Lipinski definition) is 5. The third-order valence-electron chi connectivity index (χ3n) is 3.14. The van der Waals surface area contributed by atoms with Crippen molar-refractivity contribution in [1.82, 2.24) is 0 Å². The molecule has 1 unspecified atom stereocenters. The van der Waals surface area contributed by atoms with Gasteiger partial charge in [0.25, 0.3) is 0 Å². The van der Waals surface area contributed by atoms with Crippen molar-refractivity contribution in [1.29, 1.82) is 0 Å². The Morgan fingerprint density at radius 1 is 1.20 bits per heavy atom. The van der Waals surface area contributed by atoms with Crippen LogP contribution in [0.3, 0.4) is 0 Å². The highest BCUT2D eigenvalue weighted by atomic mass is 16.5. The summed E-state index contributed by atoms with van der Waals surface area (Å²) in [6.07, 6.45) is 0. The van der Waals surface area contributed by atoms with Gasteiger partial charge in [-0.1, -0.05) is 6.92 Å². The average molecular weight is 282 g/mol. The monoisotopic (exact) mass is 282 g/mol. The smallest absolute Gasteiger partial charge is 0.230 e. The van der Waals surface area contributed by atoms with Crippen LogP contribution in [-0.4, -0.2) is 40.8 Å². The Kier molecular flexibility index (Phi) is 5.64. The largest absolute Gasteiger partial charge is 0.493 e. The Balaban J connectivity index is 3.22. The summed E-state index contributed by atoms with van der Waals surface area (Å²) in [5, 5.41) is 0. The fourth-order valence-corrected chi connectivity index (χ4v) is 1.82. The number of carbonyl (C=O) groups excluding carboxylic acids is 1. The molecule has 0 bridgehead atoms. The van der Waals surface area contributed by atoms with Crippen molar-refractivity contribution in [2.75, 3.05) is 39.8 Å². The van der Waals surface area contributed by atoms with Gasteiger partial charge in [-0.25, -0.2) is 0 Å². The number of hydrogen-bond donors (Lipinski definition) is 1. The molecule has 2 N–H and O–H groups in total. The van der Waals surface area contributed by atoms with Gasteiger partial charge in [-0.05, 0) is 0 Å². The van der Waals surface area contributed by atoms with Gasteiger partial charge in [0.1, 0.15) is 0 Å². The molecule has 0 aromatic heterocycles. The first-order valence-corrected chi connectivity index (χ1v) is 6.27. The third-order valence-corrected chi connectivity index (χ3v) is 3.14. The Morgan fingerprint density at radius 2 is 1.70 bits per heavy atom. The van der Waals surface area contributed by atoms with Crippen LogP contribution >= 0.6 is 0 Å². The van der Waals surface area contributed by atoms with Gasteiger partial charge in [0, 0.05) is 31.6 Å². The van der Waals surface area contributed by atoms with Crippen molar-refractivity contribution in [2.24, 2.45) is 11.7 Å². The minimum Gasteiger partial charge on any atom is -0.493 e. The minimum absolute atomic E-state index is 0.0678. The lowest BCUT2D eigenvalue weighted by atomic mass is 10.1. The van der Waals surface area contributed by atoms with Crippen molar-refractivity contribution in [2.45, 2.75) is 6.92 Å². The number of rotatable bonds is 6. The molecule has 1 aromatic carbocycles. The normalized spacial score (nSPS) is 11.7. The van der Waals surface area contributed by atoms with Gasteiger partial charge in [0.05, 0.1) is 27.0 Å². The summed E-state index contributed by atoms with van der Waals surface area (Å²) in [5.41, 5.74) is 6.19. The second-order valence-electron chi connectivity index (χ2n) is 4.42. The van der Waals surface area contributed by atoms with Crippen LogP contribution in [0.2, 0.25) is 0 Å². The van der Waals surface area contributed by atoms with Crippen LogP contribution < -0.4 is 24.8 Å². The highest BCUT2D eigenvalue weighted by Crippen LogP contribution is 2.40. The minimum atomic E-state index is -0.251. The van der Waals surface area contributed by atoms with Crippen molar-refractivity contribution < 1.29 is 19.0 Å². The second-order valence-corrected chi connectivity index (χ2v) is 4.42. The molecule has 1 amide bonds. The quantitative estimate of drug-likeness (QED) is 0.850. The summed E-state index contributed by atoms with van der Waals surface area (Å²) in [6, 6.07) is 3.45. The van der Waals surface area contributed by atoms with Gasteiger partial charge in [0.2, 0.25) is 11.7 Å². The molecule has 6 nitrogen and oxygen atoms in total. The summed E-state index contributed by atoms with van der Waals surface area (Å²) >= 11 is 0. The highest BCUT2D eigenvalue weighted by Gasteiger charge is 2.21. The van der Waals surface area contributed by atoms with Gasteiger partial charge >= 0.3 is 0 Å². The molecule has 0 spiro atoms. The molecule has 1 atom stereocenters. The van der Waals surface area contributed by atoms with Crippen LogP contribution in [0.1, 0.15) is 6.92 Å². The number of nitrogens with two attached hydrogens (primary N) is 1. The van der Waals surface area contributed by atoms with Crippen molar-refractivity contribution in [3.63, 3.8) is 0 Å². The van der Waals surface area contributed by atoms with Crippen LogP contribution in [0, 0.1) is 5.92 Å². The SMILES string of the molecule is COc1cc(N(C)C(=O)C(C)CN)cc(OC)c1OC. The maximum atomic E-state index is 12.2. The van der Waals surface area contributed by atoms with E-state index in [-0.39, 0.29) is 11.8 Å².